The Morgan fingerprint density at radius 3 is 3.06 bits per heavy atom. The number of hydrogen-bond donors (Lipinski definition) is 2. The zero-order valence-corrected chi connectivity index (χ0v) is 9.36. The maximum Gasteiger partial charge on any atom is 0.355 e. The molecular formula is C9H10N4O2S. The molecule has 0 bridgehead atoms. The van der Waals surface area contributed by atoms with Crippen LogP contribution in [0.25, 0.3) is 0 Å². The van der Waals surface area contributed by atoms with Gasteiger partial charge in [0.25, 0.3) is 0 Å². The van der Waals surface area contributed by atoms with Gasteiger partial charge < -0.3 is 10.4 Å². The number of carboxylic acids is 1. The van der Waals surface area contributed by atoms with Gasteiger partial charge >= 0.3 is 5.97 Å². The van der Waals surface area contributed by atoms with Crippen molar-refractivity contribution in [3.05, 3.63) is 29.0 Å². The molecule has 0 spiro atoms. The van der Waals surface area contributed by atoms with Crippen LogP contribution < -0.4 is 5.32 Å². The fourth-order valence-corrected chi connectivity index (χ4v) is 1.88. The first-order valence-corrected chi connectivity index (χ1v) is 5.43. The highest BCUT2D eigenvalue weighted by Gasteiger charge is 2.08. The van der Waals surface area contributed by atoms with E-state index in [1.54, 1.807) is 10.9 Å². The third-order valence-corrected chi connectivity index (χ3v) is 2.73. The van der Waals surface area contributed by atoms with Crippen molar-refractivity contribution in [3.8, 4) is 0 Å². The molecule has 7 heteroatoms. The molecule has 16 heavy (non-hydrogen) atoms. The van der Waals surface area contributed by atoms with E-state index >= 15 is 0 Å². The number of aromatic carboxylic acids is 1. The largest absolute Gasteiger partial charge is 0.476 e. The van der Waals surface area contributed by atoms with Crippen LogP contribution >= 0.6 is 11.3 Å². The number of rotatable bonds is 4. The van der Waals surface area contributed by atoms with Gasteiger partial charge in [0.2, 0.25) is 0 Å². The van der Waals surface area contributed by atoms with E-state index in [-0.39, 0.29) is 5.69 Å². The van der Waals surface area contributed by atoms with E-state index in [4.69, 9.17) is 5.11 Å². The lowest BCUT2D eigenvalue weighted by molar-refractivity contribution is 0.0691. The standard InChI is InChI=1S/C9H10N4O2S/c1-13-4-6(3-11-13)2-10-9-12-7(5-16-9)8(14)15/h3-5H,2H2,1H3,(H,10,12)(H,14,15). The molecule has 84 valence electrons. The first-order valence-electron chi connectivity index (χ1n) is 4.55. The van der Waals surface area contributed by atoms with Gasteiger partial charge in [-0.1, -0.05) is 0 Å². The SMILES string of the molecule is Cn1cc(CNc2nc(C(=O)O)cs2)cn1. The number of carboxylic acid groups (broad SMARTS) is 1. The Kier molecular flexibility index (Phi) is 2.86. The van der Waals surface area contributed by atoms with Crippen LogP contribution in [-0.4, -0.2) is 25.8 Å². The molecule has 2 aromatic rings. The summed E-state index contributed by atoms with van der Waals surface area (Å²) in [6, 6.07) is 0. The van der Waals surface area contributed by atoms with Gasteiger partial charge in [0.1, 0.15) is 0 Å². The van der Waals surface area contributed by atoms with Crippen LogP contribution in [0.2, 0.25) is 0 Å². The Morgan fingerprint density at radius 1 is 1.69 bits per heavy atom. The summed E-state index contributed by atoms with van der Waals surface area (Å²) in [6.45, 7) is 0.584. The molecule has 0 radical (unpaired) electrons. The van der Waals surface area contributed by atoms with Gasteiger partial charge in [-0.05, 0) is 0 Å². The van der Waals surface area contributed by atoms with Crippen molar-refractivity contribution < 1.29 is 9.90 Å². The molecule has 0 unspecified atom stereocenters. The van der Waals surface area contributed by atoms with E-state index in [1.165, 1.54) is 16.7 Å². The van der Waals surface area contributed by atoms with Crippen molar-refractivity contribution in [1.82, 2.24) is 14.8 Å². The monoisotopic (exact) mass is 238 g/mol. The van der Waals surface area contributed by atoms with Gasteiger partial charge in [0, 0.05) is 30.7 Å². The maximum absolute atomic E-state index is 10.6. The van der Waals surface area contributed by atoms with Crippen molar-refractivity contribution in [2.24, 2.45) is 7.05 Å². The number of hydrogen-bond acceptors (Lipinski definition) is 5. The van der Waals surface area contributed by atoms with Gasteiger partial charge in [-0.2, -0.15) is 5.10 Å². The van der Waals surface area contributed by atoms with E-state index in [0.29, 0.717) is 11.7 Å². The number of anilines is 1. The third-order valence-electron chi connectivity index (χ3n) is 1.93. The van der Waals surface area contributed by atoms with Crippen molar-refractivity contribution >= 4 is 22.4 Å². The molecule has 0 aliphatic carbocycles. The first-order chi connectivity index (χ1) is 7.65. The maximum atomic E-state index is 10.6. The van der Waals surface area contributed by atoms with E-state index in [2.05, 4.69) is 15.4 Å². The normalized spacial score (nSPS) is 10.3. The molecule has 0 saturated heterocycles. The highest BCUT2D eigenvalue weighted by Crippen LogP contribution is 2.16. The molecule has 0 atom stereocenters. The molecule has 2 N–H and O–H groups in total. The number of aryl methyl sites for hydroxylation is 1. The van der Waals surface area contributed by atoms with Gasteiger partial charge in [-0.25, -0.2) is 9.78 Å². The molecule has 0 aliphatic rings. The lowest BCUT2D eigenvalue weighted by atomic mass is 10.4. The second-order valence-corrected chi connectivity index (χ2v) is 4.08. The summed E-state index contributed by atoms with van der Waals surface area (Å²) in [4.78, 5) is 14.5. The molecule has 2 rings (SSSR count). The van der Waals surface area contributed by atoms with Gasteiger partial charge in [-0.15, -0.1) is 11.3 Å². The number of carbonyl (C=O) groups is 1. The predicted octanol–water partition coefficient (Wildman–Crippen LogP) is 1.19. The summed E-state index contributed by atoms with van der Waals surface area (Å²) in [5, 5.41) is 17.9. The number of nitrogens with zero attached hydrogens (tertiary/aromatic N) is 3. The smallest absolute Gasteiger partial charge is 0.355 e. The number of aromatic nitrogens is 3. The average Bonchev–Trinajstić information content (AvgIpc) is 2.83. The highest BCUT2D eigenvalue weighted by atomic mass is 32.1. The summed E-state index contributed by atoms with van der Waals surface area (Å²) in [6.07, 6.45) is 3.64. The fourth-order valence-electron chi connectivity index (χ4n) is 1.19. The lowest BCUT2D eigenvalue weighted by Gasteiger charge is -1.98. The molecule has 0 amide bonds. The quantitative estimate of drug-likeness (QED) is 0.836. The molecular weight excluding hydrogens is 228 g/mol. The van der Waals surface area contributed by atoms with E-state index in [0.717, 1.165) is 5.56 Å². The van der Waals surface area contributed by atoms with Crippen LogP contribution in [0.3, 0.4) is 0 Å². The van der Waals surface area contributed by atoms with Gasteiger partial charge in [0.15, 0.2) is 10.8 Å². The number of thiazole rings is 1. The first kappa shape index (κ1) is 10.6. The average molecular weight is 238 g/mol. The van der Waals surface area contributed by atoms with Crippen molar-refractivity contribution in [1.29, 1.82) is 0 Å². The van der Waals surface area contributed by atoms with Crippen LogP contribution in [-0.2, 0) is 13.6 Å². The minimum absolute atomic E-state index is 0.0682. The summed E-state index contributed by atoms with van der Waals surface area (Å²) < 4.78 is 1.71. The number of nitrogens with one attached hydrogen (secondary N) is 1. The van der Waals surface area contributed by atoms with Crippen LogP contribution in [0.5, 0.6) is 0 Å². The van der Waals surface area contributed by atoms with Crippen LogP contribution in [0.15, 0.2) is 17.8 Å². The van der Waals surface area contributed by atoms with Crippen molar-refractivity contribution in [2.75, 3.05) is 5.32 Å². The fraction of sp³-hybridized carbons (Fsp3) is 0.222. The minimum atomic E-state index is -1.01. The second kappa shape index (κ2) is 4.31. The highest BCUT2D eigenvalue weighted by molar-refractivity contribution is 7.13. The Morgan fingerprint density at radius 2 is 2.50 bits per heavy atom. The molecule has 0 saturated carbocycles. The molecule has 2 aromatic heterocycles. The van der Waals surface area contributed by atoms with Crippen LogP contribution in [0.1, 0.15) is 16.1 Å². The predicted molar refractivity (Wildman–Crippen MR) is 59.6 cm³/mol. The topological polar surface area (TPSA) is 80.0 Å². The van der Waals surface area contributed by atoms with Crippen LogP contribution in [0.4, 0.5) is 5.13 Å². The zero-order chi connectivity index (χ0) is 11.5. The summed E-state index contributed by atoms with van der Waals surface area (Å²) in [7, 11) is 1.84. The third kappa shape index (κ3) is 2.37. The van der Waals surface area contributed by atoms with E-state index in [9.17, 15) is 4.79 Å². The van der Waals surface area contributed by atoms with Crippen molar-refractivity contribution in [2.45, 2.75) is 6.54 Å². The Balaban J connectivity index is 1.97. The summed E-state index contributed by atoms with van der Waals surface area (Å²) in [5.74, 6) is -1.01. The zero-order valence-electron chi connectivity index (χ0n) is 8.54. The summed E-state index contributed by atoms with van der Waals surface area (Å²) >= 11 is 1.27. The van der Waals surface area contributed by atoms with Crippen molar-refractivity contribution in [3.63, 3.8) is 0 Å². The van der Waals surface area contributed by atoms with Gasteiger partial charge in [-0.3, -0.25) is 4.68 Å². The molecule has 6 nitrogen and oxygen atoms in total. The lowest BCUT2D eigenvalue weighted by Crippen LogP contribution is -2.00. The van der Waals surface area contributed by atoms with Gasteiger partial charge in [0.05, 0.1) is 6.20 Å². The summed E-state index contributed by atoms with van der Waals surface area (Å²) in [5.41, 5.74) is 1.09. The van der Waals surface area contributed by atoms with Crippen LogP contribution in [0, 0.1) is 0 Å². The second-order valence-electron chi connectivity index (χ2n) is 3.22. The van der Waals surface area contributed by atoms with E-state index in [1.807, 2.05) is 13.2 Å². The van der Waals surface area contributed by atoms with E-state index < -0.39 is 5.97 Å². The Hall–Kier alpha value is -1.89. The minimum Gasteiger partial charge on any atom is -0.476 e. The molecule has 0 aliphatic heterocycles. The molecule has 2 heterocycles. The molecule has 0 aromatic carbocycles. The Labute approximate surface area is 95.6 Å². The Bertz CT molecular complexity index is 505. The molecule has 0 fully saturated rings.